The first-order chi connectivity index (χ1) is 11.8. The zero-order valence-corrected chi connectivity index (χ0v) is 13.7. The van der Waals surface area contributed by atoms with E-state index in [1.807, 2.05) is 0 Å². The molecule has 0 spiro atoms. The van der Waals surface area contributed by atoms with Gasteiger partial charge in [0.2, 0.25) is 5.88 Å². The van der Waals surface area contributed by atoms with Gasteiger partial charge in [-0.15, -0.1) is 0 Å². The van der Waals surface area contributed by atoms with E-state index in [0.29, 0.717) is 32.5 Å². The van der Waals surface area contributed by atoms with Crippen LogP contribution in [-0.2, 0) is 9.53 Å². The highest BCUT2D eigenvalue weighted by molar-refractivity contribution is 5.96. The monoisotopic (exact) mass is 360 g/mol. The maximum absolute atomic E-state index is 12.6. The first-order valence-electron chi connectivity index (χ1n) is 7.92. The third-order valence-electron chi connectivity index (χ3n) is 3.78. The summed E-state index contributed by atoms with van der Waals surface area (Å²) in [6.07, 6.45) is -2.36. The van der Waals surface area contributed by atoms with Gasteiger partial charge in [-0.3, -0.25) is 9.59 Å². The summed E-state index contributed by atoms with van der Waals surface area (Å²) in [7, 11) is 0. The van der Waals surface area contributed by atoms with E-state index in [-0.39, 0.29) is 23.3 Å². The number of esters is 1. The Balaban J connectivity index is 2.01. The van der Waals surface area contributed by atoms with Crippen LogP contribution in [0.1, 0.15) is 30.1 Å². The Kier molecular flexibility index (Phi) is 6.22. The summed E-state index contributed by atoms with van der Waals surface area (Å²) >= 11 is 0. The molecule has 1 aromatic heterocycles. The normalized spacial score (nSPS) is 15.8. The number of hydrogen-bond donors (Lipinski definition) is 0. The van der Waals surface area contributed by atoms with Crippen LogP contribution in [0.2, 0.25) is 0 Å². The van der Waals surface area contributed by atoms with E-state index >= 15 is 0 Å². The lowest BCUT2D eigenvalue weighted by Gasteiger charge is -2.31. The van der Waals surface area contributed by atoms with Gasteiger partial charge in [0.1, 0.15) is 5.56 Å². The Morgan fingerprint density at radius 2 is 2.00 bits per heavy atom. The fourth-order valence-electron chi connectivity index (χ4n) is 2.57. The molecule has 2 heterocycles. The number of rotatable bonds is 5. The number of carbonyl (C=O) groups is 2. The highest BCUT2D eigenvalue weighted by atomic mass is 19.4. The Morgan fingerprint density at radius 1 is 1.32 bits per heavy atom. The average Bonchev–Trinajstić information content (AvgIpc) is 2.59. The minimum Gasteiger partial charge on any atom is -0.467 e. The highest BCUT2D eigenvalue weighted by Crippen LogP contribution is 2.24. The minimum atomic E-state index is -4.52. The van der Waals surface area contributed by atoms with Gasteiger partial charge in [-0.1, -0.05) is 0 Å². The van der Waals surface area contributed by atoms with Crippen molar-refractivity contribution in [3.8, 4) is 5.88 Å². The Hall–Kier alpha value is -2.32. The van der Waals surface area contributed by atoms with Crippen molar-refractivity contribution in [2.75, 3.05) is 26.3 Å². The largest absolute Gasteiger partial charge is 0.467 e. The van der Waals surface area contributed by atoms with Crippen LogP contribution in [0, 0.1) is 5.92 Å². The third kappa shape index (κ3) is 5.33. The van der Waals surface area contributed by atoms with Crippen molar-refractivity contribution in [3.05, 3.63) is 23.9 Å². The smallest absolute Gasteiger partial charge is 0.422 e. The van der Waals surface area contributed by atoms with Crippen molar-refractivity contribution in [2.24, 2.45) is 5.92 Å². The van der Waals surface area contributed by atoms with Crippen molar-refractivity contribution in [2.45, 2.75) is 25.9 Å². The summed E-state index contributed by atoms with van der Waals surface area (Å²) < 4.78 is 46.6. The average molecular weight is 360 g/mol. The Morgan fingerprint density at radius 3 is 2.60 bits per heavy atom. The van der Waals surface area contributed by atoms with Crippen LogP contribution in [0.25, 0.3) is 0 Å². The van der Waals surface area contributed by atoms with Gasteiger partial charge in [-0.05, 0) is 31.9 Å². The molecule has 0 unspecified atom stereocenters. The number of aromatic nitrogens is 1. The van der Waals surface area contributed by atoms with Crippen LogP contribution in [0.3, 0.4) is 0 Å². The fourth-order valence-corrected chi connectivity index (χ4v) is 2.57. The van der Waals surface area contributed by atoms with Gasteiger partial charge in [0, 0.05) is 19.3 Å². The second-order valence-electron chi connectivity index (χ2n) is 5.58. The van der Waals surface area contributed by atoms with E-state index in [1.54, 1.807) is 6.92 Å². The number of halogens is 3. The summed E-state index contributed by atoms with van der Waals surface area (Å²) in [6.45, 7) is 1.13. The van der Waals surface area contributed by atoms with Gasteiger partial charge < -0.3 is 14.4 Å². The second-order valence-corrected chi connectivity index (χ2v) is 5.58. The summed E-state index contributed by atoms with van der Waals surface area (Å²) in [5.41, 5.74) is -0.0265. The molecule has 0 aromatic carbocycles. The van der Waals surface area contributed by atoms with Crippen molar-refractivity contribution >= 4 is 11.9 Å². The topological polar surface area (TPSA) is 68.7 Å². The zero-order valence-electron chi connectivity index (χ0n) is 13.7. The quantitative estimate of drug-likeness (QED) is 0.755. The van der Waals surface area contributed by atoms with E-state index < -0.39 is 18.7 Å². The van der Waals surface area contributed by atoms with Crippen molar-refractivity contribution in [1.29, 1.82) is 0 Å². The van der Waals surface area contributed by atoms with Crippen LogP contribution < -0.4 is 4.74 Å². The maximum Gasteiger partial charge on any atom is 0.422 e. The molecule has 1 saturated heterocycles. The van der Waals surface area contributed by atoms with Crippen molar-refractivity contribution in [1.82, 2.24) is 9.88 Å². The van der Waals surface area contributed by atoms with Gasteiger partial charge in [0.05, 0.1) is 12.5 Å². The van der Waals surface area contributed by atoms with Gasteiger partial charge in [-0.25, -0.2) is 4.98 Å². The lowest BCUT2D eigenvalue weighted by atomic mass is 9.96. The first kappa shape index (κ1) is 19.0. The van der Waals surface area contributed by atoms with Crippen LogP contribution >= 0.6 is 0 Å². The van der Waals surface area contributed by atoms with Crippen LogP contribution in [0.5, 0.6) is 5.88 Å². The van der Waals surface area contributed by atoms with E-state index in [9.17, 15) is 22.8 Å². The summed E-state index contributed by atoms with van der Waals surface area (Å²) in [5, 5.41) is 0. The molecule has 1 aliphatic rings. The van der Waals surface area contributed by atoms with Crippen LogP contribution in [-0.4, -0.2) is 54.2 Å². The molecule has 0 atom stereocenters. The molecule has 1 aliphatic heterocycles. The minimum absolute atomic E-state index is 0.0265. The molecule has 1 fully saturated rings. The molecule has 6 nitrogen and oxygen atoms in total. The molecule has 0 aliphatic carbocycles. The number of piperidine rings is 1. The lowest BCUT2D eigenvalue weighted by molar-refractivity contribution is -0.154. The molecule has 2 rings (SSSR count). The lowest BCUT2D eigenvalue weighted by Crippen LogP contribution is -2.41. The highest BCUT2D eigenvalue weighted by Gasteiger charge is 2.32. The molecular formula is C16H19F3N2O4. The SMILES string of the molecule is CCOC(=O)C1CCN(C(=O)c2cccnc2OCC(F)(F)F)CC1. The van der Waals surface area contributed by atoms with E-state index in [0.717, 1.165) is 0 Å². The van der Waals surface area contributed by atoms with E-state index in [2.05, 4.69) is 9.72 Å². The number of alkyl halides is 3. The molecule has 0 saturated carbocycles. The number of carbonyl (C=O) groups excluding carboxylic acids is 2. The van der Waals surface area contributed by atoms with E-state index in [1.165, 1.54) is 23.2 Å². The van der Waals surface area contributed by atoms with E-state index in [4.69, 9.17) is 4.74 Å². The number of ether oxygens (including phenoxy) is 2. The second kappa shape index (κ2) is 8.17. The number of amides is 1. The number of nitrogens with zero attached hydrogens (tertiary/aromatic N) is 2. The standard InChI is InChI=1S/C16H19F3N2O4/c1-2-24-15(23)11-5-8-21(9-6-11)14(22)12-4-3-7-20-13(12)25-10-16(17,18)19/h3-4,7,11H,2,5-6,8-10H2,1H3. The number of pyridine rings is 1. The fraction of sp³-hybridized carbons (Fsp3) is 0.562. The molecule has 0 bridgehead atoms. The predicted octanol–water partition coefficient (Wildman–Crippen LogP) is 2.44. The molecule has 1 amide bonds. The molecule has 9 heteroatoms. The predicted molar refractivity (Wildman–Crippen MR) is 81.0 cm³/mol. The van der Waals surface area contributed by atoms with Crippen LogP contribution in [0.15, 0.2) is 18.3 Å². The third-order valence-corrected chi connectivity index (χ3v) is 3.78. The zero-order chi connectivity index (χ0) is 18.4. The van der Waals surface area contributed by atoms with Gasteiger partial charge in [-0.2, -0.15) is 13.2 Å². The molecule has 0 N–H and O–H groups in total. The summed E-state index contributed by atoms with van der Waals surface area (Å²) in [5.74, 6) is -1.37. The van der Waals surface area contributed by atoms with Crippen molar-refractivity contribution < 1.29 is 32.2 Å². The molecule has 138 valence electrons. The molecule has 1 aromatic rings. The van der Waals surface area contributed by atoms with Crippen molar-refractivity contribution in [3.63, 3.8) is 0 Å². The van der Waals surface area contributed by atoms with Gasteiger partial charge >= 0.3 is 12.1 Å². The van der Waals surface area contributed by atoms with Gasteiger partial charge in [0.15, 0.2) is 6.61 Å². The number of likely N-dealkylation sites (tertiary alicyclic amines) is 1. The Bertz CT molecular complexity index is 614. The molecular weight excluding hydrogens is 341 g/mol. The van der Waals surface area contributed by atoms with Gasteiger partial charge in [0.25, 0.3) is 5.91 Å². The summed E-state index contributed by atoms with van der Waals surface area (Å²) in [4.78, 5) is 29.5. The Labute approximate surface area is 142 Å². The maximum atomic E-state index is 12.6. The molecule has 0 radical (unpaired) electrons. The molecule has 25 heavy (non-hydrogen) atoms. The first-order valence-corrected chi connectivity index (χ1v) is 7.92. The van der Waals surface area contributed by atoms with Crippen LogP contribution in [0.4, 0.5) is 13.2 Å². The number of hydrogen-bond acceptors (Lipinski definition) is 5. The summed E-state index contributed by atoms with van der Waals surface area (Å²) in [6, 6.07) is 2.83.